The number of H-pyrrole nitrogens is 1. The van der Waals surface area contributed by atoms with Crippen LogP contribution >= 0.6 is 0 Å². The van der Waals surface area contributed by atoms with Crippen LogP contribution in [-0.4, -0.2) is 64.3 Å². The van der Waals surface area contributed by atoms with Crippen molar-refractivity contribution in [3.63, 3.8) is 0 Å². The fourth-order valence-electron chi connectivity index (χ4n) is 3.28. The van der Waals surface area contributed by atoms with Gasteiger partial charge in [0.25, 0.3) is 5.91 Å². The maximum Gasteiger partial charge on any atom is 0.410 e. The van der Waals surface area contributed by atoms with Crippen molar-refractivity contribution in [1.82, 2.24) is 14.8 Å². The number of rotatable bonds is 2. The van der Waals surface area contributed by atoms with Crippen molar-refractivity contribution in [3.05, 3.63) is 22.5 Å². The maximum absolute atomic E-state index is 12.9. The fraction of sp³-hybridized carbons (Fsp3) is 0.632. The smallest absolute Gasteiger partial charge is 0.410 e. The summed E-state index contributed by atoms with van der Waals surface area (Å²) in [4.78, 5) is 43.4. The number of aromatic nitrogens is 1. The molecule has 0 saturated carbocycles. The van der Waals surface area contributed by atoms with E-state index in [9.17, 15) is 14.4 Å². The highest BCUT2D eigenvalue weighted by atomic mass is 16.6. The Kier molecular flexibility index (Phi) is 5.78. The Balaban J connectivity index is 2.10. The third-order valence-electron chi connectivity index (χ3n) is 4.44. The molecule has 144 valence electrons. The van der Waals surface area contributed by atoms with Crippen molar-refractivity contribution >= 4 is 17.8 Å². The van der Waals surface area contributed by atoms with Gasteiger partial charge in [0.2, 0.25) is 0 Å². The topological polar surface area (TPSA) is 82.7 Å². The molecule has 7 heteroatoms. The summed E-state index contributed by atoms with van der Waals surface area (Å²) in [6.45, 7) is 12.6. The fourth-order valence-corrected chi connectivity index (χ4v) is 3.28. The minimum atomic E-state index is -0.541. The summed E-state index contributed by atoms with van der Waals surface area (Å²) in [6.07, 6.45) is 0.334. The number of amides is 2. The Morgan fingerprint density at radius 3 is 2.12 bits per heavy atom. The average Bonchev–Trinajstić information content (AvgIpc) is 2.69. The predicted molar refractivity (Wildman–Crippen MR) is 98.6 cm³/mol. The molecule has 0 radical (unpaired) electrons. The Morgan fingerprint density at radius 2 is 1.58 bits per heavy atom. The van der Waals surface area contributed by atoms with Gasteiger partial charge < -0.3 is 19.5 Å². The first-order chi connectivity index (χ1) is 12.0. The zero-order chi connectivity index (χ0) is 19.6. The van der Waals surface area contributed by atoms with Crippen molar-refractivity contribution in [2.45, 2.75) is 53.6 Å². The lowest BCUT2D eigenvalue weighted by molar-refractivity contribution is 0.0255. The van der Waals surface area contributed by atoms with Crippen LogP contribution in [0.3, 0.4) is 0 Å². The van der Waals surface area contributed by atoms with E-state index in [0.29, 0.717) is 55.1 Å². The molecular formula is C19H29N3O4. The molecule has 0 aromatic carbocycles. The van der Waals surface area contributed by atoms with Crippen molar-refractivity contribution in [1.29, 1.82) is 0 Å². The molecule has 0 unspecified atom stereocenters. The molecular weight excluding hydrogens is 334 g/mol. The quantitative estimate of drug-likeness (QED) is 0.819. The van der Waals surface area contributed by atoms with E-state index in [-0.39, 0.29) is 17.8 Å². The van der Waals surface area contributed by atoms with Gasteiger partial charge in [0.15, 0.2) is 5.78 Å². The van der Waals surface area contributed by atoms with Crippen molar-refractivity contribution < 1.29 is 19.1 Å². The van der Waals surface area contributed by atoms with Crippen LogP contribution in [0.25, 0.3) is 0 Å². The van der Waals surface area contributed by atoms with Gasteiger partial charge in [-0.05, 0) is 53.5 Å². The van der Waals surface area contributed by atoms with Gasteiger partial charge in [-0.25, -0.2) is 4.79 Å². The number of carbonyl (C=O) groups excluding carboxylic acids is 3. The molecule has 26 heavy (non-hydrogen) atoms. The van der Waals surface area contributed by atoms with E-state index in [1.54, 1.807) is 23.6 Å². The van der Waals surface area contributed by atoms with Gasteiger partial charge in [0.05, 0.1) is 0 Å². The second-order valence-corrected chi connectivity index (χ2v) is 7.79. The van der Waals surface area contributed by atoms with Crippen LogP contribution in [0, 0.1) is 13.8 Å². The molecule has 2 heterocycles. The largest absolute Gasteiger partial charge is 0.444 e. The number of hydrogen-bond acceptors (Lipinski definition) is 4. The Bertz CT molecular complexity index is 715. The second kappa shape index (κ2) is 7.51. The Hall–Kier alpha value is -2.31. The molecule has 0 spiro atoms. The zero-order valence-corrected chi connectivity index (χ0v) is 16.6. The summed E-state index contributed by atoms with van der Waals surface area (Å²) in [5.74, 6) is -0.189. The van der Waals surface area contributed by atoms with E-state index in [4.69, 9.17) is 4.74 Å². The van der Waals surface area contributed by atoms with Crippen LogP contribution in [0.2, 0.25) is 0 Å². The minimum absolute atomic E-state index is 0.0535. The van der Waals surface area contributed by atoms with Crippen LogP contribution in [0.15, 0.2) is 0 Å². The van der Waals surface area contributed by atoms with Gasteiger partial charge in [-0.3, -0.25) is 9.59 Å². The number of ether oxygens (including phenoxy) is 1. The Morgan fingerprint density at radius 1 is 1.00 bits per heavy atom. The summed E-state index contributed by atoms with van der Waals surface area (Å²) >= 11 is 0. The lowest BCUT2D eigenvalue weighted by Gasteiger charge is -2.26. The normalized spacial score (nSPS) is 15.6. The lowest BCUT2D eigenvalue weighted by atomic mass is 10.1. The van der Waals surface area contributed by atoms with Crippen molar-refractivity contribution in [3.8, 4) is 0 Å². The molecule has 1 N–H and O–H groups in total. The molecule has 2 rings (SSSR count). The van der Waals surface area contributed by atoms with Gasteiger partial charge in [-0.15, -0.1) is 0 Å². The molecule has 0 bridgehead atoms. The molecule has 1 aromatic heterocycles. The standard InChI is InChI=1S/C19H29N3O4/c1-12-15(14(3)23)13(2)20-16(12)17(24)21-8-7-9-22(11-10-21)18(25)26-19(4,5)6/h20H,7-11H2,1-6H3. The number of ketones is 1. The van der Waals surface area contributed by atoms with Crippen molar-refractivity contribution in [2.75, 3.05) is 26.2 Å². The number of hydrogen-bond donors (Lipinski definition) is 1. The number of aryl methyl sites for hydroxylation is 1. The Labute approximate surface area is 154 Å². The number of carbonyl (C=O) groups is 3. The predicted octanol–water partition coefficient (Wildman–Crippen LogP) is 2.92. The van der Waals surface area contributed by atoms with E-state index in [0.717, 1.165) is 0 Å². The first-order valence-electron chi connectivity index (χ1n) is 8.98. The number of aromatic amines is 1. The summed E-state index contributed by atoms with van der Waals surface area (Å²) in [6, 6.07) is 0. The van der Waals surface area contributed by atoms with Crippen LogP contribution in [-0.2, 0) is 4.74 Å². The zero-order valence-electron chi connectivity index (χ0n) is 16.6. The van der Waals surface area contributed by atoms with Crippen molar-refractivity contribution in [2.24, 2.45) is 0 Å². The van der Waals surface area contributed by atoms with Gasteiger partial charge in [0.1, 0.15) is 11.3 Å². The summed E-state index contributed by atoms with van der Waals surface area (Å²) in [7, 11) is 0. The first-order valence-corrected chi connectivity index (χ1v) is 8.98. The van der Waals surface area contributed by atoms with E-state index >= 15 is 0 Å². The highest BCUT2D eigenvalue weighted by molar-refractivity contribution is 6.02. The molecule has 7 nitrogen and oxygen atoms in total. The number of nitrogens with zero attached hydrogens (tertiary/aromatic N) is 2. The second-order valence-electron chi connectivity index (χ2n) is 7.79. The average molecular weight is 363 g/mol. The summed E-state index contributed by atoms with van der Waals surface area (Å²) in [5, 5.41) is 0. The molecule has 1 aliphatic heterocycles. The first kappa shape index (κ1) is 20.0. The van der Waals surface area contributed by atoms with Gasteiger partial charge >= 0.3 is 6.09 Å². The third-order valence-corrected chi connectivity index (χ3v) is 4.44. The highest BCUT2D eigenvalue weighted by Gasteiger charge is 2.28. The van der Waals surface area contributed by atoms with Crippen LogP contribution in [0.4, 0.5) is 4.79 Å². The van der Waals surface area contributed by atoms with Crippen LogP contribution in [0.1, 0.15) is 66.2 Å². The molecule has 0 atom stereocenters. The van der Waals surface area contributed by atoms with Gasteiger partial charge in [-0.2, -0.15) is 0 Å². The van der Waals surface area contributed by atoms with E-state index in [2.05, 4.69) is 4.98 Å². The van der Waals surface area contributed by atoms with Gasteiger partial charge in [-0.1, -0.05) is 0 Å². The lowest BCUT2D eigenvalue weighted by Crippen LogP contribution is -2.40. The molecule has 1 fully saturated rings. The van der Waals surface area contributed by atoms with Crippen LogP contribution < -0.4 is 0 Å². The number of Topliss-reactive ketones (excluding diaryl/α,β-unsaturated/α-hetero) is 1. The number of nitrogens with one attached hydrogen (secondary N) is 1. The third kappa shape index (κ3) is 4.45. The SMILES string of the molecule is CC(=O)c1c(C)[nH]c(C(=O)N2CCCN(C(=O)OC(C)(C)C)CC2)c1C. The van der Waals surface area contributed by atoms with E-state index in [1.165, 1.54) is 6.92 Å². The molecule has 1 saturated heterocycles. The molecule has 1 aliphatic rings. The minimum Gasteiger partial charge on any atom is -0.444 e. The van der Waals surface area contributed by atoms with Crippen LogP contribution in [0.5, 0.6) is 0 Å². The monoisotopic (exact) mass is 363 g/mol. The maximum atomic E-state index is 12.9. The summed E-state index contributed by atoms with van der Waals surface area (Å²) < 4.78 is 5.42. The van der Waals surface area contributed by atoms with E-state index < -0.39 is 5.60 Å². The molecule has 1 aromatic rings. The van der Waals surface area contributed by atoms with E-state index in [1.807, 2.05) is 20.8 Å². The summed E-state index contributed by atoms with van der Waals surface area (Å²) in [5.41, 5.74) is 1.90. The molecule has 0 aliphatic carbocycles. The molecule has 2 amide bonds. The van der Waals surface area contributed by atoms with Gasteiger partial charge in [0, 0.05) is 37.4 Å². The highest BCUT2D eigenvalue weighted by Crippen LogP contribution is 2.21.